The molecule has 2 rings (SSSR count). The molecule has 0 amide bonds. The van der Waals surface area contributed by atoms with Crippen LogP contribution in [0, 0.1) is 0 Å². The van der Waals surface area contributed by atoms with E-state index >= 15 is 0 Å². The number of hydrogen-bond acceptors (Lipinski definition) is 3. The molecule has 0 saturated carbocycles. The van der Waals surface area contributed by atoms with Crippen LogP contribution in [0.4, 0.5) is 0 Å². The van der Waals surface area contributed by atoms with E-state index in [1.54, 1.807) is 0 Å². The van der Waals surface area contributed by atoms with Gasteiger partial charge >= 0.3 is 0 Å². The van der Waals surface area contributed by atoms with Crippen LogP contribution in [0.2, 0.25) is 0 Å². The molecule has 0 unspecified atom stereocenters. The Bertz CT molecular complexity index is 521. The Kier molecular flexibility index (Phi) is 3.53. The highest BCUT2D eigenvalue weighted by atomic mass is 79.9. The molecule has 0 spiro atoms. The summed E-state index contributed by atoms with van der Waals surface area (Å²) in [7, 11) is 0. The van der Waals surface area contributed by atoms with Gasteiger partial charge in [-0.05, 0) is 39.7 Å². The molecule has 2 aromatic rings. The molecule has 4 heteroatoms. The number of thiophene rings is 1. The zero-order valence-electron chi connectivity index (χ0n) is 8.44. The molecule has 2 nitrogen and oxygen atoms in total. The molecular formula is C12H10BrNOS. The minimum absolute atomic E-state index is 0.0472. The second kappa shape index (κ2) is 4.91. The van der Waals surface area contributed by atoms with Crippen molar-refractivity contribution in [1.29, 1.82) is 0 Å². The highest BCUT2D eigenvalue weighted by Crippen LogP contribution is 2.24. The predicted molar refractivity (Wildman–Crippen MR) is 69.8 cm³/mol. The lowest BCUT2D eigenvalue weighted by Gasteiger charge is -2.01. The van der Waals surface area contributed by atoms with Crippen molar-refractivity contribution in [3.63, 3.8) is 0 Å². The minimum Gasteiger partial charge on any atom is -0.326 e. The SMILES string of the molecule is NCc1cccc(C(=O)c2ccc(Br)s2)c1. The topological polar surface area (TPSA) is 43.1 Å². The lowest BCUT2D eigenvalue weighted by Crippen LogP contribution is -2.02. The van der Waals surface area contributed by atoms with Gasteiger partial charge < -0.3 is 5.73 Å². The molecule has 0 aliphatic carbocycles. The normalized spacial score (nSPS) is 10.4. The third kappa shape index (κ3) is 2.40. The number of carbonyl (C=O) groups is 1. The van der Waals surface area contributed by atoms with E-state index < -0.39 is 0 Å². The van der Waals surface area contributed by atoms with E-state index in [0.717, 1.165) is 14.2 Å². The Morgan fingerprint density at radius 1 is 1.31 bits per heavy atom. The van der Waals surface area contributed by atoms with E-state index in [1.807, 2.05) is 36.4 Å². The molecule has 0 aliphatic rings. The maximum atomic E-state index is 12.1. The Balaban J connectivity index is 2.33. The predicted octanol–water partition coefficient (Wildman–Crippen LogP) is 3.20. The van der Waals surface area contributed by atoms with Gasteiger partial charge in [0.1, 0.15) is 0 Å². The molecule has 0 atom stereocenters. The summed E-state index contributed by atoms with van der Waals surface area (Å²) in [5.74, 6) is 0.0472. The van der Waals surface area contributed by atoms with Gasteiger partial charge in [0.15, 0.2) is 0 Å². The summed E-state index contributed by atoms with van der Waals surface area (Å²) in [4.78, 5) is 12.8. The summed E-state index contributed by atoms with van der Waals surface area (Å²) >= 11 is 4.79. The van der Waals surface area contributed by atoms with Crippen molar-refractivity contribution in [2.24, 2.45) is 5.73 Å². The van der Waals surface area contributed by atoms with Gasteiger partial charge in [-0.15, -0.1) is 11.3 Å². The number of halogens is 1. The lowest BCUT2D eigenvalue weighted by molar-refractivity contribution is 0.104. The second-order valence-corrected chi connectivity index (χ2v) is 5.80. The first-order chi connectivity index (χ1) is 7.70. The summed E-state index contributed by atoms with van der Waals surface area (Å²) in [5.41, 5.74) is 7.21. The van der Waals surface area contributed by atoms with Gasteiger partial charge in [0.2, 0.25) is 5.78 Å². The van der Waals surface area contributed by atoms with Crippen LogP contribution in [0.3, 0.4) is 0 Å². The van der Waals surface area contributed by atoms with Crippen LogP contribution in [0.25, 0.3) is 0 Å². The molecule has 0 saturated heterocycles. The summed E-state index contributed by atoms with van der Waals surface area (Å²) in [6.45, 7) is 0.454. The third-order valence-corrected chi connectivity index (χ3v) is 3.84. The van der Waals surface area contributed by atoms with E-state index in [9.17, 15) is 4.79 Å². The van der Waals surface area contributed by atoms with Gasteiger partial charge in [-0.2, -0.15) is 0 Å². The maximum Gasteiger partial charge on any atom is 0.202 e. The van der Waals surface area contributed by atoms with Gasteiger partial charge in [0, 0.05) is 12.1 Å². The van der Waals surface area contributed by atoms with Crippen molar-refractivity contribution < 1.29 is 4.79 Å². The van der Waals surface area contributed by atoms with Gasteiger partial charge in [-0.3, -0.25) is 4.79 Å². The van der Waals surface area contributed by atoms with Gasteiger partial charge in [-0.25, -0.2) is 0 Å². The monoisotopic (exact) mass is 295 g/mol. The van der Waals surface area contributed by atoms with Crippen LogP contribution < -0.4 is 5.73 Å². The number of benzene rings is 1. The standard InChI is InChI=1S/C12H10BrNOS/c13-11-5-4-10(16-11)12(15)9-3-1-2-8(6-9)7-14/h1-6H,7,14H2. The fraction of sp³-hybridized carbons (Fsp3) is 0.0833. The highest BCUT2D eigenvalue weighted by molar-refractivity contribution is 9.11. The summed E-state index contributed by atoms with van der Waals surface area (Å²) in [6.07, 6.45) is 0. The van der Waals surface area contributed by atoms with Crippen molar-refractivity contribution in [2.45, 2.75) is 6.54 Å². The number of hydrogen-bond donors (Lipinski definition) is 1. The van der Waals surface area contributed by atoms with Crippen molar-refractivity contribution in [3.8, 4) is 0 Å². The van der Waals surface area contributed by atoms with Gasteiger partial charge in [0.05, 0.1) is 8.66 Å². The average Bonchev–Trinajstić information content (AvgIpc) is 2.75. The fourth-order valence-corrected chi connectivity index (χ4v) is 2.77. The summed E-state index contributed by atoms with van der Waals surface area (Å²) in [5, 5.41) is 0. The molecule has 0 aliphatic heterocycles. The number of ketones is 1. The molecule has 1 aromatic heterocycles. The molecule has 0 radical (unpaired) electrons. The van der Waals surface area contributed by atoms with Crippen LogP contribution >= 0.6 is 27.3 Å². The molecule has 16 heavy (non-hydrogen) atoms. The molecule has 1 heterocycles. The Morgan fingerprint density at radius 3 is 2.75 bits per heavy atom. The van der Waals surface area contributed by atoms with Crippen molar-refractivity contribution in [2.75, 3.05) is 0 Å². The average molecular weight is 296 g/mol. The van der Waals surface area contributed by atoms with Crippen LogP contribution in [-0.4, -0.2) is 5.78 Å². The first kappa shape index (κ1) is 11.5. The second-order valence-electron chi connectivity index (χ2n) is 3.34. The number of rotatable bonds is 3. The molecule has 2 N–H and O–H groups in total. The van der Waals surface area contributed by atoms with E-state index in [2.05, 4.69) is 15.9 Å². The summed E-state index contributed by atoms with van der Waals surface area (Å²) in [6, 6.07) is 11.1. The highest BCUT2D eigenvalue weighted by Gasteiger charge is 2.11. The van der Waals surface area contributed by atoms with Crippen LogP contribution in [0.5, 0.6) is 0 Å². The van der Waals surface area contributed by atoms with E-state index in [1.165, 1.54) is 11.3 Å². The zero-order valence-corrected chi connectivity index (χ0v) is 10.8. The number of carbonyl (C=O) groups excluding carboxylic acids is 1. The van der Waals surface area contributed by atoms with E-state index in [4.69, 9.17) is 5.73 Å². The fourth-order valence-electron chi connectivity index (χ4n) is 1.42. The Hall–Kier alpha value is -0.970. The van der Waals surface area contributed by atoms with Crippen LogP contribution in [-0.2, 0) is 6.54 Å². The van der Waals surface area contributed by atoms with Crippen molar-refractivity contribution >= 4 is 33.0 Å². The zero-order chi connectivity index (χ0) is 11.5. The van der Waals surface area contributed by atoms with Crippen molar-refractivity contribution in [1.82, 2.24) is 0 Å². The quantitative estimate of drug-likeness (QED) is 0.884. The molecular weight excluding hydrogens is 286 g/mol. The third-order valence-electron chi connectivity index (χ3n) is 2.22. The van der Waals surface area contributed by atoms with Crippen molar-refractivity contribution in [3.05, 3.63) is 56.2 Å². The van der Waals surface area contributed by atoms with Crippen LogP contribution in [0.1, 0.15) is 20.8 Å². The smallest absolute Gasteiger partial charge is 0.202 e. The Labute approximate surface area is 106 Å². The molecule has 1 aromatic carbocycles. The molecule has 82 valence electrons. The first-order valence-electron chi connectivity index (χ1n) is 4.80. The molecule has 0 fully saturated rings. The van der Waals surface area contributed by atoms with Crippen LogP contribution in [0.15, 0.2) is 40.2 Å². The van der Waals surface area contributed by atoms with Gasteiger partial charge in [0.25, 0.3) is 0 Å². The van der Waals surface area contributed by atoms with E-state index in [-0.39, 0.29) is 5.78 Å². The van der Waals surface area contributed by atoms with E-state index in [0.29, 0.717) is 12.1 Å². The minimum atomic E-state index is 0.0472. The Morgan fingerprint density at radius 2 is 2.12 bits per heavy atom. The largest absolute Gasteiger partial charge is 0.326 e. The van der Waals surface area contributed by atoms with Gasteiger partial charge in [-0.1, -0.05) is 18.2 Å². The summed E-state index contributed by atoms with van der Waals surface area (Å²) < 4.78 is 0.964. The first-order valence-corrected chi connectivity index (χ1v) is 6.40. The number of nitrogens with two attached hydrogens (primary N) is 1. The molecule has 0 bridgehead atoms. The maximum absolute atomic E-state index is 12.1. The lowest BCUT2D eigenvalue weighted by atomic mass is 10.1.